The Hall–Kier alpha value is -1.11. The first kappa shape index (κ1) is 13.9. The summed E-state index contributed by atoms with van der Waals surface area (Å²) in [5, 5.41) is 10.3. The van der Waals surface area contributed by atoms with Gasteiger partial charge in [0.1, 0.15) is 0 Å². The van der Waals surface area contributed by atoms with E-state index in [9.17, 15) is 5.26 Å². The average Bonchev–Trinajstić information content (AvgIpc) is 3.02. The normalized spacial score (nSPS) is 31.1. The Balaban J connectivity index is 1.73. The maximum Gasteiger partial charge on any atom is 0.0994 e. The van der Waals surface area contributed by atoms with Crippen LogP contribution >= 0.6 is 11.6 Å². The summed E-state index contributed by atoms with van der Waals surface area (Å²) in [6.45, 7) is 2.48. The first-order valence-corrected chi connectivity index (χ1v) is 7.89. The molecule has 0 amide bonds. The first-order valence-electron chi connectivity index (χ1n) is 7.51. The third-order valence-electron chi connectivity index (χ3n) is 4.90. The molecule has 1 aromatic heterocycles. The third-order valence-corrected chi connectivity index (χ3v) is 5.12. The molecule has 3 rings (SSSR count). The minimum absolute atomic E-state index is 0.402. The zero-order valence-electron chi connectivity index (χ0n) is 11.7. The molecule has 1 aromatic rings. The quantitative estimate of drug-likeness (QED) is 0.836. The Morgan fingerprint density at radius 2 is 1.95 bits per heavy atom. The van der Waals surface area contributed by atoms with Gasteiger partial charge < -0.3 is 4.90 Å². The molecule has 0 radical (unpaired) electrons. The van der Waals surface area contributed by atoms with E-state index < -0.39 is 5.41 Å². The topological polar surface area (TPSA) is 39.9 Å². The molecule has 0 aromatic carbocycles. The number of rotatable bonds is 2. The highest BCUT2D eigenvalue weighted by atomic mass is 35.5. The van der Waals surface area contributed by atoms with Crippen molar-refractivity contribution >= 4 is 11.6 Å². The molecule has 2 heterocycles. The van der Waals surface area contributed by atoms with Crippen molar-refractivity contribution < 1.29 is 0 Å². The van der Waals surface area contributed by atoms with Crippen LogP contribution in [-0.4, -0.2) is 29.0 Å². The fourth-order valence-corrected chi connectivity index (χ4v) is 3.76. The van der Waals surface area contributed by atoms with E-state index >= 15 is 0 Å². The molecule has 20 heavy (non-hydrogen) atoms. The SMILES string of the molecule is N#CC1(c2ccc(Cl)cn2)CCC(N2CCCC2)CC1. The maximum atomic E-state index is 9.68. The van der Waals surface area contributed by atoms with Crippen LogP contribution in [0, 0.1) is 11.3 Å². The van der Waals surface area contributed by atoms with Gasteiger partial charge in [0.05, 0.1) is 22.2 Å². The fraction of sp³-hybridized carbons (Fsp3) is 0.625. The molecule has 2 fully saturated rings. The molecule has 106 valence electrons. The minimum atomic E-state index is -0.402. The predicted octanol–water partition coefficient (Wildman–Crippen LogP) is 3.53. The first-order chi connectivity index (χ1) is 9.73. The summed E-state index contributed by atoms with van der Waals surface area (Å²) in [6, 6.07) is 6.97. The fourth-order valence-electron chi connectivity index (χ4n) is 3.65. The van der Waals surface area contributed by atoms with Gasteiger partial charge in [-0.15, -0.1) is 0 Å². The van der Waals surface area contributed by atoms with Gasteiger partial charge in [-0.05, 0) is 63.7 Å². The lowest BCUT2D eigenvalue weighted by Gasteiger charge is -2.38. The van der Waals surface area contributed by atoms with E-state index in [4.69, 9.17) is 11.6 Å². The van der Waals surface area contributed by atoms with Gasteiger partial charge in [-0.1, -0.05) is 11.6 Å². The van der Waals surface area contributed by atoms with Crippen LogP contribution in [0.5, 0.6) is 0 Å². The molecule has 0 bridgehead atoms. The molecule has 1 saturated heterocycles. The van der Waals surface area contributed by atoms with Crippen LogP contribution in [0.4, 0.5) is 0 Å². The van der Waals surface area contributed by atoms with Gasteiger partial charge >= 0.3 is 0 Å². The minimum Gasteiger partial charge on any atom is -0.300 e. The second-order valence-corrected chi connectivity index (χ2v) is 6.47. The van der Waals surface area contributed by atoms with E-state index in [1.54, 1.807) is 6.20 Å². The van der Waals surface area contributed by atoms with E-state index in [-0.39, 0.29) is 0 Å². The van der Waals surface area contributed by atoms with Crippen LogP contribution in [0.15, 0.2) is 18.3 Å². The van der Waals surface area contributed by atoms with Gasteiger partial charge in [0.25, 0.3) is 0 Å². The van der Waals surface area contributed by atoms with Gasteiger partial charge in [-0.25, -0.2) is 0 Å². The van der Waals surface area contributed by atoms with E-state index in [0.29, 0.717) is 11.1 Å². The van der Waals surface area contributed by atoms with Crippen LogP contribution < -0.4 is 0 Å². The molecular formula is C16H20ClN3. The number of pyridine rings is 1. The van der Waals surface area contributed by atoms with Crippen molar-refractivity contribution in [2.45, 2.75) is 50.0 Å². The summed E-state index contributed by atoms with van der Waals surface area (Å²) in [5.41, 5.74) is 0.491. The molecule has 4 heteroatoms. The van der Waals surface area contributed by atoms with E-state index in [1.807, 2.05) is 12.1 Å². The predicted molar refractivity (Wildman–Crippen MR) is 79.6 cm³/mol. The van der Waals surface area contributed by atoms with Crippen LogP contribution in [0.1, 0.15) is 44.2 Å². The lowest BCUT2D eigenvalue weighted by Crippen LogP contribution is -2.41. The molecule has 1 aliphatic heterocycles. The highest BCUT2D eigenvalue weighted by Crippen LogP contribution is 2.40. The Morgan fingerprint density at radius 3 is 2.50 bits per heavy atom. The second-order valence-electron chi connectivity index (χ2n) is 6.03. The van der Waals surface area contributed by atoms with E-state index in [0.717, 1.165) is 31.4 Å². The molecule has 0 unspecified atom stereocenters. The molecule has 1 saturated carbocycles. The summed E-state index contributed by atoms with van der Waals surface area (Å²) in [6.07, 6.45) is 8.37. The smallest absolute Gasteiger partial charge is 0.0994 e. The van der Waals surface area contributed by atoms with Crippen LogP contribution in [0.25, 0.3) is 0 Å². The largest absolute Gasteiger partial charge is 0.300 e. The van der Waals surface area contributed by atoms with Gasteiger partial charge in [0.2, 0.25) is 0 Å². The highest BCUT2D eigenvalue weighted by molar-refractivity contribution is 6.30. The molecule has 0 spiro atoms. The Bertz CT molecular complexity index is 491. The Labute approximate surface area is 125 Å². The second kappa shape index (κ2) is 5.71. The van der Waals surface area contributed by atoms with Gasteiger partial charge in [-0.3, -0.25) is 4.98 Å². The number of nitrogens with zero attached hydrogens (tertiary/aromatic N) is 3. The highest BCUT2D eigenvalue weighted by Gasteiger charge is 2.40. The summed E-state index contributed by atoms with van der Waals surface area (Å²) >= 11 is 5.90. The maximum absolute atomic E-state index is 9.68. The van der Waals surface area contributed by atoms with Crippen LogP contribution in [0.3, 0.4) is 0 Å². The molecular weight excluding hydrogens is 270 g/mol. The van der Waals surface area contributed by atoms with E-state index in [2.05, 4.69) is 16.0 Å². The number of nitriles is 1. The average molecular weight is 290 g/mol. The van der Waals surface area contributed by atoms with Gasteiger partial charge in [0.15, 0.2) is 0 Å². The van der Waals surface area contributed by atoms with Crippen LogP contribution in [0.2, 0.25) is 5.02 Å². The van der Waals surface area contributed by atoms with Crippen molar-refractivity contribution in [2.75, 3.05) is 13.1 Å². The lowest BCUT2D eigenvalue weighted by atomic mass is 9.71. The summed E-state index contributed by atoms with van der Waals surface area (Å²) in [7, 11) is 0. The monoisotopic (exact) mass is 289 g/mol. The number of likely N-dealkylation sites (tertiary alicyclic amines) is 1. The zero-order valence-corrected chi connectivity index (χ0v) is 12.4. The number of aromatic nitrogens is 1. The molecule has 3 nitrogen and oxygen atoms in total. The zero-order chi connectivity index (χ0) is 14.0. The van der Waals surface area contributed by atoms with Crippen LogP contribution in [-0.2, 0) is 5.41 Å². The standard InChI is InChI=1S/C16H20ClN3/c17-13-3-4-15(19-11-13)16(12-18)7-5-14(6-8-16)20-9-1-2-10-20/h3-4,11,14H,1-2,5-10H2. The van der Waals surface area contributed by atoms with E-state index in [1.165, 1.54) is 25.9 Å². The van der Waals surface area contributed by atoms with Gasteiger partial charge in [-0.2, -0.15) is 5.26 Å². The van der Waals surface area contributed by atoms with Gasteiger partial charge in [0, 0.05) is 12.2 Å². The summed E-state index contributed by atoms with van der Waals surface area (Å²) in [4.78, 5) is 7.01. The van der Waals surface area contributed by atoms with Crippen molar-refractivity contribution in [2.24, 2.45) is 0 Å². The number of hydrogen-bond donors (Lipinski definition) is 0. The van der Waals surface area contributed by atoms with Crippen molar-refractivity contribution in [3.63, 3.8) is 0 Å². The Morgan fingerprint density at radius 1 is 1.25 bits per heavy atom. The van der Waals surface area contributed by atoms with Crippen molar-refractivity contribution in [3.8, 4) is 6.07 Å². The Kier molecular flexibility index (Phi) is 3.96. The molecule has 0 atom stereocenters. The number of halogens is 1. The lowest BCUT2D eigenvalue weighted by molar-refractivity contribution is 0.164. The summed E-state index contributed by atoms with van der Waals surface area (Å²) < 4.78 is 0. The van der Waals surface area contributed by atoms with Crippen molar-refractivity contribution in [3.05, 3.63) is 29.0 Å². The molecule has 0 N–H and O–H groups in total. The summed E-state index contributed by atoms with van der Waals surface area (Å²) in [5.74, 6) is 0. The number of hydrogen-bond acceptors (Lipinski definition) is 3. The van der Waals surface area contributed by atoms with Crippen molar-refractivity contribution in [1.29, 1.82) is 5.26 Å². The van der Waals surface area contributed by atoms with Crippen molar-refractivity contribution in [1.82, 2.24) is 9.88 Å². The molecule has 2 aliphatic rings. The molecule has 1 aliphatic carbocycles. The third kappa shape index (κ3) is 2.55.